The molecule has 0 saturated heterocycles. The minimum absolute atomic E-state index is 0.168. The summed E-state index contributed by atoms with van der Waals surface area (Å²) in [5.41, 5.74) is 0.538. The van der Waals surface area contributed by atoms with E-state index in [1.165, 1.54) is 30.2 Å². The Labute approximate surface area is 176 Å². The normalized spacial score (nSPS) is 10.2. The average molecular weight is 497 g/mol. The zero-order valence-electron chi connectivity index (χ0n) is 15.5. The Balaban J connectivity index is 2.20. The van der Waals surface area contributed by atoms with Crippen LogP contribution in [0.1, 0.15) is 23.7 Å². The van der Waals surface area contributed by atoms with Crippen LogP contribution in [0.5, 0.6) is 5.75 Å². The number of hydrogen-bond acceptors (Lipinski definition) is 5. The van der Waals surface area contributed by atoms with E-state index < -0.39 is 10.8 Å². The second kappa shape index (κ2) is 10.0. The predicted octanol–water partition coefficient (Wildman–Crippen LogP) is 3.70. The number of carbonyl (C=O) groups is 2. The van der Waals surface area contributed by atoms with E-state index in [-0.39, 0.29) is 23.7 Å². The molecule has 0 aliphatic rings. The van der Waals surface area contributed by atoms with Gasteiger partial charge in [0.05, 0.1) is 23.3 Å². The summed E-state index contributed by atoms with van der Waals surface area (Å²) in [6, 6.07) is 11.1. The number of amides is 2. The van der Waals surface area contributed by atoms with Crippen molar-refractivity contribution in [2.24, 2.45) is 0 Å². The van der Waals surface area contributed by atoms with E-state index >= 15 is 0 Å². The maximum absolute atomic E-state index is 12.9. The molecular formula is C19H20IN3O5. The van der Waals surface area contributed by atoms with E-state index in [1.807, 2.05) is 29.5 Å². The van der Waals surface area contributed by atoms with Gasteiger partial charge in [-0.1, -0.05) is 19.1 Å². The second-order valence-corrected chi connectivity index (χ2v) is 7.06. The van der Waals surface area contributed by atoms with Gasteiger partial charge < -0.3 is 15.0 Å². The van der Waals surface area contributed by atoms with Crippen LogP contribution in [0, 0.1) is 13.7 Å². The molecule has 148 valence electrons. The van der Waals surface area contributed by atoms with Crippen molar-refractivity contribution < 1.29 is 19.2 Å². The van der Waals surface area contributed by atoms with Crippen LogP contribution in [0.3, 0.4) is 0 Å². The van der Waals surface area contributed by atoms with Crippen molar-refractivity contribution in [3.05, 3.63) is 61.7 Å². The Hall–Kier alpha value is -2.69. The second-order valence-electron chi connectivity index (χ2n) is 5.90. The lowest BCUT2D eigenvalue weighted by molar-refractivity contribution is -0.384. The lowest BCUT2D eigenvalue weighted by atomic mass is 10.1. The number of halogens is 1. The highest BCUT2D eigenvalue weighted by Crippen LogP contribution is 2.24. The first kappa shape index (κ1) is 21.6. The molecule has 8 nitrogen and oxygen atoms in total. The number of hydrogen-bond donors (Lipinski definition) is 1. The number of nitro groups is 1. The minimum atomic E-state index is -0.550. The summed E-state index contributed by atoms with van der Waals surface area (Å²) >= 11 is 1.95. The van der Waals surface area contributed by atoms with Crippen molar-refractivity contribution in [1.29, 1.82) is 0 Å². The van der Waals surface area contributed by atoms with Crippen LogP contribution in [0.25, 0.3) is 0 Å². The first-order valence-corrected chi connectivity index (χ1v) is 9.61. The number of rotatable bonds is 8. The van der Waals surface area contributed by atoms with Crippen molar-refractivity contribution in [2.45, 2.75) is 13.3 Å². The van der Waals surface area contributed by atoms with Crippen LogP contribution in [0.2, 0.25) is 0 Å². The van der Waals surface area contributed by atoms with Gasteiger partial charge in [-0.15, -0.1) is 0 Å². The first-order chi connectivity index (χ1) is 13.4. The van der Waals surface area contributed by atoms with E-state index in [1.54, 1.807) is 24.3 Å². The number of benzene rings is 2. The van der Waals surface area contributed by atoms with Crippen molar-refractivity contribution >= 4 is 45.8 Å². The van der Waals surface area contributed by atoms with Crippen LogP contribution in [-0.4, -0.2) is 41.8 Å². The maximum Gasteiger partial charge on any atom is 0.270 e. The molecule has 2 aromatic carbocycles. The number of nitrogens with one attached hydrogen (secondary N) is 1. The highest BCUT2D eigenvalue weighted by molar-refractivity contribution is 14.1. The quantitative estimate of drug-likeness (QED) is 0.341. The van der Waals surface area contributed by atoms with Gasteiger partial charge in [-0.05, 0) is 47.2 Å². The molecule has 0 atom stereocenters. The van der Waals surface area contributed by atoms with Gasteiger partial charge >= 0.3 is 0 Å². The topological polar surface area (TPSA) is 102 Å². The van der Waals surface area contributed by atoms with Gasteiger partial charge in [0, 0.05) is 22.2 Å². The van der Waals surface area contributed by atoms with Crippen molar-refractivity contribution in [3.63, 3.8) is 0 Å². The zero-order valence-corrected chi connectivity index (χ0v) is 17.6. The third-order valence-electron chi connectivity index (χ3n) is 3.89. The van der Waals surface area contributed by atoms with Crippen LogP contribution >= 0.6 is 22.6 Å². The minimum Gasteiger partial charge on any atom is -0.495 e. The zero-order chi connectivity index (χ0) is 20.7. The van der Waals surface area contributed by atoms with Gasteiger partial charge in [-0.25, -0.2) is 0 Å². The molecule has 2 amide bonds. The van der Waals surface area contributed by atoms with Crippen LogP contribution in [-0.2, 0) is 4.79 Å². The Morgan fingerprint density at radius 2 is 1.96 bits per heavy atom. The highest BCUT2D eigenvalue weighted by atomic mass is 127. The van der Waals surface area contributed by atoms with Crippen molar-refractivity contribution in [2.75, 3.05) is 25.5 Å². The van der Waals surface area contributed by atoms with Gasteiger partial charge in [-0.3, -0.25) is 19.7 Å². The van der Waals surface area contributed by atoms with Crippen molar-refractivity contribution in [3.8, 4) is 5.75 Å². The van der Waals surface area contributed by atoms with Crippen LogP contribution in [0.4, 0.5) is 11.4 Å². The molecule has 0 radical (unpaired) electrons. The Morgan fingerprint density at radius 3 is 2.61 bits per heavy atom. The summed E-state index contributed by atoms with van der Waals surface area (Å²) in [4.78, 5) is 37.3. The van der Waals surface area contributed by atoms with E-state index in [4.69, 9.17) is 4.74 Å². The molecule has 2 rings (SSSR count). The fourth-order valence-electron chi connectivity index (χ4n) is 2.59. The SMILES string of the molecule is CCCN(CC(=O)Nc1ccccc1OC)C(=O)c1cc([N+](=O)[O-])ccc1I. The molecule has 0 aliphatic heterocycles. The molecule has 0 aromatic heterocycles. The molecule has 0 bridgehead atoms. The molecule has 0 heterocycles. The Bertz CT molecular complexity index is 888. The molecule has 0 unspecified atom stereocenters. The van der Waals surface area contributed by atoms with Crippen LogP contribution in [0.15, 0.2) is 42.5 Å². The van der Waals surface area contributed by atoms with Gasteiger partial charge in [0.15, 0.2) is 0 Å². The monoisotopic (exact) mass is 497 g/mol. The fraction of sp³-hybridized carbons (Fsp3) is 0.263. The molecule has 28 heavy (non-hydrogen) atoms. The number of methoxy groups -OCH3 is 1. The van der Waals surface area contributed by atoms with Gasteiger partial charge in [-0.2, -0.15) is 0 Å². The maximum atomic E-state index is 12.9. The molecule has 0 aliphatic carbocycles. The summed E-state index contributed by atoms with van der Waals surface area (Å²) in [5, 5.41) is 13.8. The molecule has 9 heteroatoms. The van der Waals surface area contributed by atoms with Gasteiger partial charge in [0.2, 0.25) is 5.91 Å². The number of ether oxygens (including phenoxy) is 1. The summed E-state index contributed by atoms with van der Waals surface area (Å²) in [5.74, 6) is -0.297. The molecule has 0 saturated carbocycles. The molecule has 0 fully saturated rings. The van der Waals surface area contributed by atoms with Crippen molar-refractivity contribution in [1.82, 2.24) is 4.90 Å². The lowest BCUT2D eigenvalue weighted by Gasteiger charge is -2.22. The molecule has 1 N–H and O–H groups in total. The summed E-state index contributed by atoms with van der Waals surface area (Å²) < 4.78 is 5.79. The fourth-order valence-corrected chi connectivity index (χ4v) is 3.16. The number of non-ortho nitro benzene ring substituents is 1. The molecule has 2 aromatic rings. The van der Waals surface area contributed by atoms with E-state index in [9.17, 15) is 19.7 Å². The number of carbonyl (C=O) groups excluding carboxylic acids is 2. The summed E-state index contributed by atoms with van der Waals surface area (Å²) in [7, 11) is 1.50. The Kier molecular flexibility index (Phi) is 7.73. The Morgan fingerprint density at radius 1 is 1.25 bits per heavy atom. The molecular weight excluding hydrogens is 477 g/mol. The van der Waals surface area contributed by atoms with Gasteiger partial charge in [0.1, 0.15) is 12.3 Å². The predicted molar refractivity (Wildman–Crippen MR) is 114 cm³/mol. The highest BCUT2D eigenvalue weighted by Gasteiger charge is 2.23. The van der Waals surface area contributed by atoms with E-state index in [2.05, 4.69) is 5.32 Å². The first-order valence-electron chi connectivity index (χ1n) is 8.53. The standard InChI is InChI=1S/C19H20IN3O5/c1-3-10-22(12-18(24)21-16-6-4-5-7-17(16)28-2)19(25)14-11-13(23(26)27)8-9-15(14)20/h4-9,11H,3,10,12H2,1-2H3,(H,21,24). The third kappa shape index (κ3) is 5.41. The summed E-state index contributed by atoms with van der Waals surface area (Å²) in [6.45, 7) is 2.05. The lowest BCUT2D eigenvalue weighted by Crippen LogP contribution is -2.39. The number of nitrogens with zero attached hydrogens (tertiary/aromatic N) is 2. The average Bonchev–Trinajstić information content (AvgIpc) is 2.67. The van der Waals surface area contributed by atoms with E-state index in [0.717, 1.165) is 0 Å². The molecule has 0 spiro atoms. The summed E-state index contributed by atoms with van der Waals surface area (Å²) in [6.07, 6.45) is 0.638. The smallest absolute Gasteiger partial charge is 0.270 e. The number of para-hydroxylation sites is 2. The largest absolute Gasteiger partial charge is 0.495 e. The number of nitro benzene ring substituents is 1. The number of anilines is 1. The van der Waals surface area contributed by atoms with E-state index in [0.29, 0.717) is 28.0 Å². The van der Waals surface area contributed by atoms with Crippen LogP contribution < -0.4 is 10.1 Å². The third-order valence-corrected chi connectivity index (χ3v) is 4.83. The van der Waals surface area contributed by atoms with Gasteiger partial charge in [0.25, 0.3) is 11.6 Å².